The van der Waals surface area contributed by atoms with E-state index in [1.54, 1.807) is 0 Å². The van der Waals surface area contributed by atoms with Gasteiger partial charge >= 0.3 is 0 Å². The number of nitrogens with two attached hydrogens (primary N) is 1. The van der Waals surface area contributed by atoms with Crippen LogP contribution in [-0.2, 0) is 19.6 Å². The van der Waals surface area contributed by atoms with Gasteiger partial charge in [0.1, 0.15) is 0 Å². The molecule has 2 aliphatic rings. The molecule has 2 rings (SSSR count). The van der Waals surface area contributed by atoms with Crippen molar-refractivity contribution in [3.8, 4) is 0 Å². The molecule has 0 aromatic heterocycles. The molecule has 1 saturated carbocycles. The number of rotatable bonds is 6. The molecule has 1 aliphatic heterocycles. The molecule has 8 heteroatoms. The SMILES string of the molecule is CS(=O)(=O)NC1CCCC1CNC(=O)C(N)C1CCOCC1. The van der Waals surface area contributed by atoms with Crippen LogP contribution in [0.15, 0.2) is 0 Å². The largest absolute Gasteiger partial charge is 0.381 e. The van der Waals surface area contributed by atoms with Crippen LogP contribution >= 0.6 is 0 Å². The summed E-state index contributed by atoms with van der Waals surface area (Å²) in [6, 6.07) is -0.596. The summed E-state index contributed by atoms with van der Waals surface area (Å²) < 4.78 is 30.6. The van der Waals surface area contributed by atoms with Crippen molar-refractivity contribution in [1.29, 1.82) is 0 Å². The third-order valence-corrected chi connectivity index (χ3v) is 5.37. The van der Waals surface area contributed by atoms with Gasteiger partial charge in [0, 0.05) is 25.8 Å². The number of sulfonamides is 1. The van der Waals surface area contributed by atoms with E-state index >= 15 is 0 Å². The smallest absolute Gasteiger partial charge is 0.237 e. The van der Waals surface area contributed by atoms with Crippen molar-refractivity contribution in [3.63, 3.8) is 0 Å². The topological polar surface area (TPSA) is 111 Å². The fraction of sp³-hybridized carbons (Fsp3) is 0.929. The van der Waals surface area contributed by atoms with Crippen LogP contribution in [0.3, 0.4) is 0 Å². The Morgan fingerprint density at radius 1 is 1.27 bits per heavy atom. The molecule has 1 aliphatic carbocycles. The van der Waals surface area contributed by atoms with Crippen LogP contribution in [0.5, 0.6) is 0 Å². The lowest BCUT2D eigenvalue weighted by Gasteiger charge is -2.27. The molecule has 4 N–H and O–H groups in total. The van der Waals surface area contributed by atoms with Gasteiger partial charge in [0.2, 0.25) is 15.9 Å². The molecule has 2 fully saturated rings. The summed E-state index contributed by atoms with van der Waals surface area (Å²) in [6.07, 6.45) is 5.51. The van der Waals surface area contributed by atoms with E-state index in [4.69, 9.17) is 10.5 Å². The number of hydrogen-bond acceptors (Lipinski definition) is 5. The van der Waals surface area contributed by atoms with Crippen molar-refractivity contribution in [2.24, 2.45) is 17.6 Å². The minimum absolute atomic E-state index is 0.0883. The molecule has 0 aromatic rings. The number of amides is 1. The number of carbonyl (C=O) groups is 1. The van der Waals surface area contributed by atoms with Crippen molar-refractivity contribution in [1.82, 2.24) is 10.0 Å². The minimum atomic E-state index is -3.21. The molecule has 1 amide bonds. The summed E-state index contributed by atoms with van der Waals surface area (Å²) >= 11 is 0. The van der Waals surface area contributed by atoms with E-state index in [0.29, 0.717) is 19.8 Å². The van der Waals surface area contributed by atoms with Crippen LogP contribution in [0.25, 0.3) is 0 Å². The van der Waals surface area contributed by atoms with Gasteiger partial charge in [-0.05, 0) is 37.5 Å². The van der Waals surface area contributed by atoms with E-state index in [9.17, 15) is 13.2 Å². The van der Waals surface area contributed by atoms with Crippen molar-refractivity contribution in [2.45, 2.75) is 44.2 Å². The number of nitrogens with one attached hydrogen (secondary N) is 2. The zero-order valence-corrected chi connectivity index (χ0v) is 13.9. The Kier molecular flexibility index (Phi) is 6.19. The summed E-state index contributed by atoms with van der Waals surface area (Å²) in [4.78, 5) is 12.2. The van der Waals surface area contributed by atoms with Crippen LogP contribution in [0.1, 0.15) is 32.1 Å². The molecule has 7 nitrogen and oxygen atoms in total. The summed E-state index contributed by atoms with van der Waals surface area (Å²) in [6.45, 7) is 1.80. The summed E-state index contributed by atoms with van der Waals surface area (Å²) in [5.74, 6) is 0.166. The van der Waals surface area contributed by atoms with Gasteiger partial charge in [-0.15, -0.1) is 0 Å². The number of hydrogen-bond donors (Lipinski definition) is 3. The van der Waals surface area contributed by atoms with Crippen molar-refractivity contribution in [3.05, 3.63) is 0 Å². The molecular formula is C14H27N3O4S. The Hall–Kier alpha value is -0.700. The molecule has 3 unspecified atom stereocenters. The van der Waals surface area contributed by atoms with Crippen LogP contribution in [0.2, 0.25) is 0 Å². The summed E-state index contributed by atoms with van der Waals surface area (Å²) in [5, 5.41) is 2.90. The molecule has 1 heterocycles. The fourth-order valence-electron chi connectivity index (χ4n) is 3.35. The van der Waals surface area contributed by atoms with Crippen LogP contribution in [0, 0.1) is 11.8 Å². The first-order valence-electron chi connectivity index (χ1n) is 7.95. The van der Waals surface area contributed by atoms with Crippen LogP contribution in [-0.4, -0.2) is 52.4 Å². The Labute approximate surface area is 132 Å². The molecule has 1 saturated heterocycles. The maximum atomic E-state index is 12.2. The van der Waals surface area contributed by atoms with Crippen molar-refractivity contribution in [2.75, 3.05) is 26.0 Å². The highest BCUT2D eigenvalue weighted by Crippen LogP contribution is 2.25. The molecule has 22 heavy (non-hydrogen) atoms. The van der Waals surface area contributed by atoms with Gasteiger partial charge in [-0.1, -0.05) is 6.42 Å². The van der Waals surface area contributed by atoms with Crippen LogP contribution < -0.4 is 15.8 Å². The van der Waals surface area contributed by atoms with Gasteiger partial charge in [-0.3, -0.25) is 4.79 Å². The van der Waals surface area contributed by atoms with Gasteiger partial charge in [0.25, 0.3) is 0 Å². The molecule has 0 aromatic carbocycles. The van der Waals surface area contributed by atoms with Crippen LogP contribution in [0.4, 0.5) is 0 Å². The van der Waals surface area contributed by atoms with Gasteiger partial charge in [0.15, 0.2) is 0 Å². The predicted octanol–water partition coefficient (Wildman–Crippen LogP) is -0.426. The van der Waals surface area contributed by atoms with Gasteiger partial charge in [-0.25, -0.2) is 13.1 Å². The zero-order chi connectivity index (χ0) is 16.2. The number of carbonyl (C=O) groups excluding carboxylic acids is 1. The lowest BCUT2D eigenvalue weighted by atomic mass is 9.91. The zero-order valence-electron chi connectivity index (χ0n) is 13.1. The van der Waals surface area contributed by atoms with Gasteiger partial charge in [-0.2, -0.15) is 0 Å². The molecule has 0 bridgehead atoms. The van der Waals surface area contributed by atoms with E-state index in [2.05, 4.69) is 10.0 Å². The average molecular weight is 333 g/mol. The minimum Gasteiger partial charge on any atom is -0.381 e. The molecule has 3 atom stereocenters. The highest BCUT2D eigenvalue weighted by molar-refractivity contribution is 7.88. The van der Waals surface area contributed by atoms with Crippen molar-refractivity contribution < 1.29 is 17.9 Å². The maximum Gasteiger partial charge on any atom is 0.237 e. The van der Waals surface area contributed by atoms with Gasteiger partial charge in [0.05, 0.1) is 12.3 Å². The third-order valence-electron chi connectivity index (χ3n) is 4.64. The highest BCUT2D eigenvalue weighted by atomic mass is 32.2. The lowest BCUT2D eigenvalue weighted by Crippen LogP contribution is -2.49. The van der Waals surface area contributed by atoms with Crippen molar-refractivity contribution >= 4 is 15.9 Å². The first-order valence-corrected chi connectivity index (χ1v) is 9.84. The first-order chi connectivity index (χ1) is 10.4. The lowest BCUT2D eigenvalue weighted by molar-refractivity contribution is -0.124. The van der Waals surface area contributed by atoms with Gasteiger partial charge < -0.3 is 15.8 Å². The second-order valence-electron chi connectivity index (χ2n) is 6.41. The Balaban J connectivity index is 1.79. The maximum absolute atomic E-state index is 12.2. The molecule has 0 radical (unpaired) electrons. The normalized spacial score (nSPS) is 28.5. The standard InChI is InChI=1S/C14H27N3O4S/c1-22(19,20)17-12-4-2-3-11(12)9-16-14(18)13(15)10-5-7-21-8-6-10/h10-13,17H,2-9,15H2,1H3,(H,16,18). The average Bonchev–Trinajstić information content (AvgIpc) is 2.90. The second kappa shape index (κ2) is 7.72. The first kappa shape index (κ1) is 17.7. The van der Waals surface area contributed by atoms with E-state index in [1.807, 2.05) is 0 Å². The van der Waals surface area contributed by atoms with E-state index in [0.717, 1.165) is 32.1 Å². The predicted molar refractivity (Wildman–Crippen MR) is 83.6 cm³/mol. The monoisotopic (exact) mass is 333 g/mol. The third kappa shape index (κ3) is 5.19. The summed E-state index contributed by atoms with van der Waals surface area (Å²) in [5.41, 5.74) is 6.03. The van der Waals surface area contributed by atoms with E-state index in [1.165, 1.54) is 6.26 Å². The van der Waals surface area contributed by atoms with E-state index in [-0.39, 0.29) is 23.8 Å². The summed E-state index contributed by atoms with van der Waals surface area (Å²) in [7, 11) is -3.21. The second-order valence-corrected chi connectivity index (χ2v) is 8.19. The number of ether oxygens (including phenoxy) is 1. The molecular weight excluding hydrogens is 306 g/mol. The Morgan fingerprint density at radius 2 is 1.95 bits per heavy atom. The highest BCUT2D eigenvalue weighted by Gasteiger charge is 2.31. The van der Waals surface area contributed by atoms with E-state index < -0.39 is 16.1 Å². The quantitative estimate of drug-likeness (QED) is 0.611. The molecule has 128 valence electrons. The fourth-order valence-corrected chi connectivity index (χ4v) is 4.21. The molecule has 0 spiro atoms. The Morgan fingerprint density at radius 3 is 2.59 bits per heavy atom. The Bertz CT molecular complexity index is 476.